The van der Waals surface area contributed by atoms with Gasteiger partial charge in [-0.3, -0.25) is 4.98 Å². The van der Waals surface area contributed by atoms with Crippen molar-refractivity contribution in [1.29, 1.82) is 0 Å². The van der Waals surface area contributed by atoms with E-state index in [1.807, 2.05) is 29.2 Å². The Morgan fingerprint density at radius 3 is 3.18 bits per heavy atom. The Bertz CT molecular complexity index is 768. The first kappa shape index (κ1) is 13.4. The summed E-state index contributed by atoms with van der Waals surface area (Å²) in [7, 11) is 0. The Morgan fingerprint density at radius 2 is 2.27 bits per heavy atom. The molecule has 1 aliphatic rings. The highest BCUT2D eigenvalue weighted by Crippen LogP contribution is 2.21. The summed E-state index contributed by atoms with van der Waals surface area (Å²) in [5.41, 5.74) is 2.13. The molecule has 1 N–H and O–H groups in total. The van der Waals surface area contributed by atoms with Crippen molar-refractivity contribution < 1.29 is 0 Å². The summed E-state index contributed by atoms with van der Waals surface area (Å²) in [6, 6.07) is 8.20. The van der Waals surface area contributed by atoms with Gasteiger partial charge in [-0.25, -0.2) is 4.68 Å². The minimum atomic E-state index is 0.676. The zero-order valence-corrected chi connectivity index (χ0v) is 12.4. The van der Waals surface area contributed by atoms with Gasteiger partial charge in [-0.2, -0.15) is 0 Å². The standard InChI is InChI=1S/C17H19N5/c1-4-14-11-19-8-6-16(14)17(5-1)22-12-15(20-21-22)9-13-3-2-7-18-10-13/h1,4-6,8,11-13,18H,2-3,7,9-10H2. The SMILES string of the molecule is c1cc(-n2cc(CC3CCCNC3)nn2)c2ccncc2c1. The molecule has 112 valence electrons. The summed E-state index contributed by atoms with van der Waals surface area (Å²) in [5, 5.41) is 14.4. The van der Waals surface area contributed by atoms with Crippen molar-refractivity contribution in [3.8, 4) is 5.69 Å². The second kappa shape index (κ2) is 5.85. The Hall–Kier alpha value is -2.27. The lowest BCUT2D eigenvalue weighted by atomic mass is 9.95. The summed E-state index contributed by atoms with van der Waals surface area (Å²) in [6.07, 6.45) is 9.29. The van der Waals surface area contributed by atoms with Gasteiger partial charge in [0.05, 0.1) is 17.6 Å². The molecule has 1 saturated heterocycles. The molecule has 1 aliphatic heterocycles. The number of fused-ring (bicyclic) bond motifs is 1. The van der Waals surface area contributed by atoms with Crippen molar-refractivity contribution in [1.82, 2.24) is 25.3 Å². The van der Waals surface area contributed by atoms with Crippen LogP contribution in [0.1, 0.15) is 18.5 Å². The molecule has 3 heterocycles. The Balaban J connectivity index is 1.62. The van der Waals surface area contributed by atoms with E-state index < -0.39 is 0 Å². The van der Waals surface area contributed by atoms with Crippen LogP contribution in [-0.2, 0) is 6.42 Å². The number of hydrogen-bond acceptors (Lipinski definition) is 4. The molecule has 0 saturated carbocycles. The number of benzene rings is 1. The van der Waals surface area contributed by atoms with Crippen molar-refractivity contribution in [2.24, 2.45) is 5.92 Å². The molecule has 5 heteroatoms. The van der Waals surface area contributed by atoms with E-state index in [2.05, 4.69) is 38.9 Å². The minimum absolute atomic E-state index is 0.676. The average Bonchev–Trinajstić information content (AvgIpc) is 3.03. The van der Waals surface area contributed by atoms with Crippen LogP contribution in [0, 0.1) is 5.92 Å². The highest BCUT2D eigenvalue weighted by molar-refractivity contribution is 5.89. The second-order valence-corrected chi connectivity index (χ2v) is 5.94. The first-order valence-corrected chi connectivity index (χ1v) is 7.85. The molecule has 0 spiro atoms. The van der Waals surface area contributed by atoms with Gasteiger partial charge in [0.1, 0.15) is 0 Å². The normalized spacial score (nSPS) is 18.6. The number of piperidine rings is 1. The van der Waals surface area contributed by atoms with Gasteiger partial charge in [0.25, 0.3) is 0 Å². The fourth-order valence-corrected chi connectivity index (χ4v) is 3.21. The summed E-state index contributed by atoms with van der Waals surface area (Å²) >= 11 is 0. The first-order chi connectivity index (χ1) is 10.9. The van der Waals surface area contributed by atoms with E-state index in [1.54, 1.807) is 0 Å². The highest BCUT2D eigenvalue weighted by atomic mass is 15.4. The van der Waals surface area contributed by atoms with Crippen molar-refractivity contribution in [2.75, 3.05) is 13.1 Å². The van der Waals surface area contributed by atoms with Crippen molar-refractivity contribution in [3.63, 3.8) is 0 Å². The number of pyridine rings is 1. The molecule has 5 nitrogen and oxygen atoms in total. The maximum atomic E-state index is 4.36. The predicted octanol–water partition coefficient (Wildman–Crippen LogP) is 2.36. The molecule has 0 amide bonds. The number of aromatic nitrogens is 4. The van der Waals surface area contributed by atoms with Gasteiger partial charge in [0.2, 0.25) is 0 Å². The van der Waals surface area contributed by atoms with Crippen LogP contribution in [-0.4, -0.2) is 33.1 Å². The summed E-state index contributed by atoms with van der Waals surface area (Å²) in [6.45, 7) is 2.24. The smallest absolute Gasteiger partial charge is 0.0835 e. The maximum Gasteiger partial charge on any atom is 0.0835 e. The average molecular weight is 293 g/mol. The summed E-state index contributed by atoms with van der Waals surface area (Å²) < 4.78 is 1.88. The maximum absolute atomic E-state index is 4.36. The molecule has 22 heavy (non-hydrogen) atoms. The van der Waals surface area contributed by atoms with E-state index in [0.717, 1.165) is 41.7 Å². The van der Waals surface area contributed by atoms with Gasteiger partial charge in [-0.15, -0.1) is 5.10 Å². The fourth-order valence-electron chi connectivity index (χ4n) is 3.21. The first-order valence-electron chi connectivity index (χ1n) is 7.85. The van der Waals surface area contributed by atoms with E-state index in [1.165, 1.54) is 12.8 Å². The van der Waals surface area contributed by atoms with E-state index in [0.29, 0.717) is 5.92 Å². The lowest BCUT2D eigenvalue weighted by Gasteiger charge is -2.21. The van der Waals surface area contributed by atoms with E-state index in [4.69, 9.17) is 0 Å². The van der Waals surface area contributed by atoms with Gasteiger partial charge in [0.15, 0.2) is 0 Å². The van der Waals surface area contributed by atoms with Crippen LogP contribution in [0.25, 0.3) is 16.5 Å². The van der Waals surface area contributed by atoms with E-state index in [9.17, 15) is 0 Å². The van der Waals surface area contributed by atoms with Gasteiger partial charge in [-0.05, 0) is 50.4 Å². The number of nitrogens with zero attached hydrogens (tertiary/aromatic N) is 4. The van der Waals surface area contributed by atoms with Crippen LogP contribution < -0.4 is 5.32 Å². The highest BCUT2D eigenvalue weighted by Gasteiger charge is 2.15. The molecular weight excluding hydrogens is 274 g/mol. The number of nitrogens with one attached hydrogen (secondary N) is 1. The summed E-state index contributed by atoms with van der Waals surface area (Å²) in [4.78, 5) is 4.18. The number of hydrogen-bond donors (Lipinski definition) is 1. The van der Waals surface area contributed by atoms with E-state index in [-0.39, 0.29) is 0 Å². The zero-order chi connectivity index (χ0) is 14.8. The van der Waals surface area contributed by atoms with Crippen LogP contribution in [0.4, 0.5) is 0 Å². The molecular formula is C17H19N5. The Kier molecular flexibility index (Phi) is 3.56. The molecule has 1 atom stereocenters. The van der Waals surface area contributed by atoms with Gasteiger partial charge < -0.3 is 5.32 Å². The topological polar surface area (TPSA) is 55.6 Å². The van der Waals surface area contributed by atoms with Crippen LogP contribution in [0.15, 0.2) is 42.9 Å². The monoisotopic (exact) mass is 293 g/mol. The molecule has 0 aliphatic carbocycles. The molecule has 1 unspecified atom stereocenters. The third kappa shape index (κ3) is 2.60. The quantitative estimate of drug-likeness (QED) is 0.805. The van der Waals surface area contributed by atoms with Crippen LogP contribution in [0.5, 0.6) is 0 Å². The second-order valence-electron chi connectivity index (χ2n) is 5.94. The van der Waals surface area contributed by atoms with Crippen LogP contribution in [0.2, 0.25) is 0 Å². The minimum Gasteiger partial charge on any atom is -0.316 e. The zero-order valence-electron chi connectivity index (χ0n) is 12.4. The molecule has 2 aromatic heterocycles. The lowest BCUT2D eigenvalue weighted by Crippen LogP contribution is -2.30. The van der Waals surface area contributed by atoms with Crippen molar-refractivity contribution >= 4 is 10.8 Å². The number of rotatable bonds is 3. The van der Waals surface area contributed by atoms with Crippen molar-refractivity contribution in [2.45, 2.75) is 19.3 Å². The molecule has 3 aromatic rings. The molecule has 1 aromatic carbocycles. The Morgan fingerprint density at radius 1 is 1.27 bits per heavy atom. The van der Waals surface area contributed by atoms with Gasteiger partial charge in [0, 0.05) is 23.2 Å². The third-order valence-corrected chi connectivity index (χ3v) is 4.34. The van der Waals surface area contributed by atoms with Gasteiger partial charge in [-0.1, -0.05) is 17.3 Å². The molecule has 1 fully saturated rings. The third-order valence-electron chi connectivity index (χ3n) is 4.34. The lowest BCUT2D eigenvalue weighted by molar-refractivity contribution is 0.373. The predicted molar refractivity (Wildman–Crippen MR) is 86.0 cm³/mol. The van der Waals surface area contributed by atoms with E-state index >= 15 is 0 Å². The van der Waals surface area contributed by atoms with Gasteiger partial charge >= 0.3 is 0 Å². The summed E-state index contributed by atoms with van der Waals surface area (Å²) in [5.74, 6) is 0.676. The largest absolute Gasteiger partial charge is 0.316 e. The molecule has 4 rings (SSSR count). The molecule has 0 bridgehead atoms. The molecule has 0 radical (unpaired) electrons. The van der Waals surface area contributed by atoms with Crippen LogP contribution in [0.3, 0.4) is 0 Å². The van der Waals surface area contributed by atoms with Crippen molar-refractivity contribution in [3.05, 3.63) is 48.5 Å². The fraction of sp³-hybridized carbons (Fsp3) is 0.353. The Labute approximate surface area is 129 Å². The van der Waals surface area contributed by atoms with Crippen LogP contribution >= 0.6 is 0 Å².